The first-order valence-electron chi connectivity index (χ1n) is 4.52. The number of nitrogens with zero attached hydrogens (tertiary/aromatic N) is 2. The van der Waals surface area contributed by atoms with Gasteiger partial charge in [-0.05, 0) is 19.9 Å². The zero-order chi connectivity index (χ0) is 11.3. The molecule has 0 aliphatic rings. The predicted octanol–water partition coefficient (Wildman–Crippen LogP) is 1.71. The zero-order valence-electron chi connectivity index (χ0n) is 8.49. The molecular weight excluding hydrogens is 220 g/mol. The monoisotopic (exact) mass is 230 g/mol. The molecule has 5 nitrogen and oxygen atoms in total. The second kappa shape index (κ2) is 5.50. The molecule has 0 atom stereocenters. The Bertz CT molecular complexity index is 357. The van der Waals surface area contributed by atoms with Crippen molar-refractivity contribution >= 4 is 17.6 Å². The molecule has 1 aromatic heterocycles. The summed E-state index contributed by atoms with van der Waals surface area (Å²) in [7, 11) is 0. The number of aromatic nitrogens is 2. The maximum Gasteiger partial charge on any atom is 0.343 e. The fourth-order valence-electron chi connectivity index (χ4n) is 0.955. The number of ether oxygens (including phenoxy) is 2. The maximum absolute atomic E-state index is 11.5. The third-order valence-corrected chi connectivity index (χ3v) is 1.69. The highest BCUT2D eigenvalue weighted by molar-refractivity contribution is 6.29. The normalized spacial score (nSPS) is 9.80. The predicted molar refractivity (Wildman–Crippen MR) is 54.2 cm³/mol. The number of esters is 1. The average molecular weight is 231 g/mol. The van der Waals surface area contributed by atoms with Crippen molar-refractivity contribution in [1.82, 2.24) is 10.2 Å². The number of rotatable bonds is 4. The van der Waals surface area contributed by atoms with Crippen molar-refractivity contribution in [3.05, 3.63) is 16.8 Å². The molecule has 0 amide bonds. The molecule has 0 aromatic carbocycles. The van der Waals surface area contributed by atoms with Gasteiger partial charge in [0.2, 0.25) is 5.88 Å². The van der Waals surface area contributed by atoms with E-state index in [0.29, 0.717) is 6.61 Å². The molecule has 0 spiro atoms. The van der Waals surface area contributed by atoms with Gasteiger partial charge in [0.1, 0.15) is 5.56 Å². The molecule has 0 saturated heterocycles. The van der Waals surface area contributed by atoms with E-state index >= 15 is 0 Å². The van der Waals surface area contributed by atoms with E-state index in [4.69, 9.17) is 21.1 Å². The van der Waals surface area contributed by atoms with Crippen molar-refractivity contribution < 1.29 is 14.3 Å². The Kier molecular flexibility index (Phi) is 4.30. The molecule has 0 saturated carbocycles. The van der Waals surface area contributed by atoms with E-state index in [0.717, 1.165) is 0 Å². The van der Waals surface area contributed by atoms with E-state index in [1.807, 2.05) is 0 Å². The van der Waals surface area contributed by atoms with Gasteiger partial charge in [0, 0.05) is 0 Å². The first-order valence-corrected chi connectivity index (χ1v) is 4.90. The number of carbonyl (C=O) groups excluding carboxylic acids is 1. The molecule has 0 unspecified atom stereocenters. The highest BCUT2D eigenvalue weighted by atomic mass is 35.5. The summed E-state index contributed by atoms with van der Waals surface area (Å²) in [6.45, 7) is 4.17. The summed E-state index contributed by atoms with van der Waals surface area (Å²) in [6.07, 6.45) is 0. The second-order valence-corrected chi connectivity index (χ2v) is 2.93. The summed E-state index contributed by atoms with van der Waals surface area (Å²) >= 11 is 5.62. The Morgan fingerprint density at radius 2 is 2.13 bits per heavy atom. The van der Waals surface area contributed by atoms with Crippen LogP contribution in [0.25, 0.3) is 0 Å². The summed E-state index contributed by atoms with van der Waals surface area (Å²) in [4.78, 5) is 11.5. The van der Waals surface area contributed by atoms with Crippen molar-refractivity contribution in [2.75, 3.05) is 13.2 Å². The van der Waals surface area contributed by atoms with Gasteiger partial charge in [-0.3, -0.25) is 0 Å². The largest absolute Gasteiger partial charge is 0.476 e. The lowest BCUT2D eigenvalue weighted by atomic mass is 10.3. The summed E-state index contributed by atoms with van der Waals surface area (Å²) in [5, 5.41) is 7.38. The molecule has 1 rings (SSSR count). The third kappa shape index (κ3) is 3.06. The summed E-state index contributed by atoms with van der Waals surface area (Å²) in [6, 6.07) is 1.37. The van der Waals surface area contributed by atoms with Crippen LogP contribution >= 0.6 is 11.6 Å². The van der Waals surface area contributed by atoms with Crippen LogP contribution in [-0.2, 0) is 4.74 Å². The number of carbonyl (C=O) groups is 1. The Morgan fingerprint density at radius 3 is 2.73 bits per heavy atom. The lowest BCUT2D eigenvalue weighted by molar-refractivity contribution is 0.0520. The fraction of sp³-hybridized carbons (Fsp3) is 0.444. The van der Waals surface area contributed by atoms with Crippen LogP contribution in [0.15, 0.2) is 6.07 Å². The fourth-order valence-corrected chi connectivity index (χ4v) is 1.10. The third-order valence-electron chi connectivity index (χ3n) is 1.51. The molecular formula is C9H11ClN2O3. The number of hydrogen-bond donors (Lipinski definition) is 0. The quantitative estimate of drug-likeness (QED) is 0.737. The van der Waals surface area contributed by atoms with Crippen molar-refractivity contribution in [2.45, 2.75) is 13.8 Å². The SMILES string of the molecule is CCOC(=O)c1cc(Cl)nnc1OCC. The van der Waals surface area contributed by atoms with E-state index in [1.165, 1.54) is 6.07 Å². The summed E-state index contributed by atoms with van der Waals surface area (Å²) in [5.41, 5.74) is 0.193. The minimum atomic E-state index is -0.516. The van der Waals surface area contributed by atoms with Crippen LogP contribution < -0.4 is 4.74 Å². The topological polar surface area (TPSA) is 61.3 Å². The van der Waals surface area contributed by atoms with E-state index < -0.39 is 5.97 Å². The van der Waals surface area contributed by atoms with Crippen LogP contribution in [0.2, 0.25) is 5.15 Å². The standard InChI is InChI=1S/C9H11ClN2O3/c1-3-14-8-6(9(13)15-4-2)5-7(10)11-12-8/h5H,3-4H2,1-2H3. The minimum Gasteiger partial charge on any atom is -0.476 e. The van der Waals surface area contributed by atoms with E-state index in [2.05, 4.69) is 10.2 Å². The van der Waals surface area contributed by atoms with E-state index in [1.54, 1.807) is 13.8 Å². The molecule has 0 radical (unpaired) electrons. The van der Waals surface area contributed by atoms with Crippen LogP contribution in [-0.4, -0.2) is 29.4 Å². The van der Waals surface area contributed by atoms with Crippen molar-refractivity contribution in [2.24, 2.45) is 0 Å². The van der Waals surface area contributed by atoms with Gasteiger partial charge in [-0.2, -0.15) is 0 Å². The van der Waals surface area contributed by atoms with Gasteiger partial charge < -0.3 is 9.47 Å². The van der Waals surface area contributed by atoms with Gasteiger partial charge in [0.05, 0.1) is 13.2 Å². The van der Waals surface area contributed by atoms with Gasteiger partial charge in [0.15, 0.2) is 5.15 Å². The minimum absolute atomic E-state index is 0.126. The van der Waals surface area contributed by atoms with Gasteiger partial charge in [-0.1, -0.05) is 11.6 Å². The van der Waals surface area contributed by atoms with Crippen molar-refractivity contribution in [3.8, 4) is 5.88 Å². The van der Waals surface area contributed by atoms with Crippen molar-refractivity contribution in [3.63, 3.8) is 0 Å². The van der Waals surface area contributed by atoms with Crippen LogP contribution in [0.4, 0.5) is 0 Å². The molecule has 6 heteroatoms. The van der Waals surface area contributed by atoms with Crippen LogP contribution in [0.1, 0.15) is 24.2 Å². The van der Waals surface area contributed by atoms with Crippen LogP contribution in [0.5, 0.6) is 5.88 Å². The molecule has 15 heavy (non-hydrogen) atoms. The van der Waals surface area contributed by atoms with Gasteiger partial charge in [0.25, 0.3) is 0 Å². The molecule has 0 bridgehead atoms. The lowest BCUT2D eigenvalue weighted by Gasteiger charge is -2.07. The molecule has 1 heterocycles. The molecule has 0 aliphatic carbocycles. The van der Waals surface area contributed by atoms with Gasteiger partial charge in [-0.25, -0.2) is 4.79 Å². The summed E-state index contributed by atoms with van der Waals surface area (Å²) in [5.74, 6) is -0.377. The van der Waals surface area contributed by atoms with Gasteiger partial charge >= 0.3 is 5.97 Å². The van der Waals surface area contributed by atoms with Crippen molar-refractivity contribution in [1.29, 1.82) is 0 Å². The molecule has 82 valence electrons. The highest BCUT2D eigenvalue weighted by Gasteiger charge is 2.16. The molecule has 0 fully saturated rings. The lowest BCUT2D eigenvalue weighted by Crippen LogP contribution is -2.10. The molecule has 0 N–H and O–H groups in total. The van der Waals surface area contributed by atoms with Crippen LogP contribution in [0, 0.1) is 0 Å². The second-order valence-electron chi connectivity index (χ2n) is 2.54. The Morgan fingerprint density at radius 1 is 1.40 bits per heavy atom. The smallest absolute Gasteiger partial charge is 0.343 e. The molecule has 1 aromatic rings. The first-order chi connectivity index (χ1) is 7.19. The Balaban J connectivity index is 3.00. The zero-order valence-corrected chi connectivity index (χ0v) is 9.24. The highest BCUT2D eigenvalue weighted by Crippen LogP contribution is 2.18. The number of hydrogen-bond acceptors (Lipinski definition) is 5. The van der Waals surface area contributed by atoms with E-state index in [-0.39, 0.29) is 23.2 Å². The average Bonchev–Trinajstić information content (AvgIpc) is 2.21. The summed E-state index contributed by atoms with van der Waals surface area (Å²) < 4.78 is 9.95. The Hall–Kier alpha value is -1.36. The Labute approximate surface area is 92.4 Å². The number of halogens is 1. The first kappa shape index (κ1) is 11.7. The van der Waals surface area contributed by atoms with E-state index in [9.17, 15) is 4.79 Å². The van der Waals surface area contributed by atoms with Crippen LogP contribution in [0.3, 0.4) is 0 Å². The maximum atomic E-state index is 11.5. The molecule has 0 aliphatic heterocycles. The van der Waals surface area contributed by atoms with Gasteiger partial charge in [-0.15, -0.1) is 10.2 Å².